The van der Waals surface area contributed by atoms with E-state index in [0.29, 0.717) is 17.1 Å². The fourth-order valence-corrected chi connectivity index (χ4v) is 2.19. The highest BCUT2D eigenvalue weighted by Gasteiger charge is 2.21. The summed E-state index contributed by atoms with van der Waals surface area (Å²) >= 11 is 0. The number of ether oxygens (including phenoxy) is 1. The molecule has 0 amide bonds. The second kappa shape index (κ2) is 11.3. The van der Waals surface area contributed by atoms with Crippen molar-refractivity contribution in [3.8, 4) is 5.75 Å². The number of aliphatic hydroxyl groups is 1. The van der Waals surface area contributed by atoms with Crippen LogP contribution in [0.1, 0.15) is 39.7 Å². The fraction of sp³-hybridized carbons (Fsp3) is 0.440. The Morgan fingerprint density at radius 3 is 2.10 bits per heavy atom. The van der Waals surface area contributed by atoms with Crippen LogP contribution in [0.15, 0.2) is 48.5 Å². The van der Waals surface area contributed by atoms with E-state index in [2.05, 4.69) is 52.5 Å². The second-order valence-corrected chi connectivity index (χ2v) is 13.6. The van der Waals surface area contributed by atoms with Crippen LogP contribution in [0.4, 0.5) is 0 Å². The lowest BCUT2D eigenvalue weighted by Gasteiger charge is -2.40. The number of aliphatic hydroxyl groups excluding tert-OH is 1. The van der Waals surface area contributed by atoms with Crippen LogP contribution in [0.25, 0.3) is 11.8 Å². The highest BCUT2D eigenvalue weighted by atomic mass is 32.3. The molecule has 0 aliphatic rings. The third-order valence-electron chi connectivity index (χ3n) is 5.06. The van der Waals surface area contributed by atoms with Gasteiger partial charge in [0.15, 0.2) is 0 Å². The minimum absolute atomic E-state index is 0.160. The number of hydrogen-bond acceptors (Lipinski definition) is 3. The van der Waals surface area contributed by atoms with Crippen molar-refractivity contribution < 1.29 is 9.84 Å². The van der Waals surface area contributed by atoms with Gasteiger partial charge in [-0.3, -0.25) is 0 Å². The maximum atomic E-state index is 9.26. The SMILES string of the molecule is CC(C)(C)S(C)(C)C.CC/C=c1\c(OCc2ccccc2)ccc\c1=C(\N)CO. The lowest BCUT2D eigenvalue weighted by atomic mass is 10.1. The summed E-state index contributed by atoms with van der Waals surface area (Å²) < 4.78 is 6.45. The van der Waals surface area contributed by atoms with Crippen molar-refractivity contribution in [1.82, 2.24) is 0 Å². The summed E-state index contributed by atoms with van der Waals surface area (Å²) in [5.74, 6) is 0.787. The minimum Gasteiger partial charge on any atom is -0.488 e. The molecule has 0 saturated carbocycles. The van der Waals surface area contributed by atoms with E-state index >= 15 is 0 Å². The molecule has 2 aromatic carbocycles. The van der Waals surface area contributed by atoms with Crippen LogP contribution in [0.5, 0.6) is 5.75 Å². The second-order valence-electron chi connectivity index (χ2n) is 8.74. The van der Waals surface area contributed by atoms with E-state index in [1.54, 1.807) is 0 Å². The number of rotatable bonds is 5. The van der Waals surface area contributed by atoms with Gasteiger partial charge in [-0.1, -0.05) is 76.2 Å². The first-order valence-electron chi connectivity index (χ1n) is 10.0. The van der Waals surface area contributed by atoms with Crippen LogP contribution >= 0.6 is 10.0 Å². The normalized spacial score (nSPS) is 14.0. The lowest BCUT2D eigenvalue weighted by Crippen LogP contribution is -2.32. The van der Waals surface area contributed by atoms with Crippen molar-refractivity contribution in [3.05, 3.63) is 64.5 Å². The van der Waals surface area contributed by atoms with E-state index in [9.17, 15) is 5.11 Å². The Morgan fingerprint density at radius 2 is 1.62 bits per heavy atom. The van der Waals surface area contributed by atoms with Crippen LogP contribution < -0.4 is 20.9 Å². The molecule has 0 unspecified atom stereocenters. The highest BCUT2D eigenvalue weighted by Crippen LogP contribution is 2.48. The van der Waals surface area contributed by atoms with Crippen LogP contribution in [-0.4, -0.2) is 35.2 Å². The van der Waals surface area contributed by atoms with E-state index in [1.165, 1.54) is 0 Å². The zero-order valence-corrected chi connectivity index (χ0v) is 20.0. The monoisotopic (exact) mass is 417 g/mol. The molecular formula is C25H39NO2S. The van der Waals surface area contributed by atoms with Gasteiger partial charge in [-0.25, -0.2) is 10.0 Å². The van der Waals surface area contributed by atoms with Gasteiger partial charge in [0.1, 0.15) is 12.4 Å². The minimum atomic E-state index is -0.340. The van der Waals surface area contributed by atoms with Crippen molar-refractivity contribution in [1.29, 1.82) is 0 Å². The first-order chi connectivity index (χ1) is 13.5. The van der Waals surface area contributed by atoms with Crippen molar-refractivity contribution in [2.45, 2.75) is 45.5 Å². The molecule has 0 aliphatic heterocycles. The summed E-state index contributed by atoms with van der Waals surface area (Å²) in [6.07, 6.45) is 10.0. The molecule has 0 aliphatic carbocycles. The van der Waals surface area contributed by atoms with Gasteiger partial charge < -0.3 is 15.6 Å². The highest BCUT2D eigenvalue weighted by molar-refractivity contribution is 8.33. The molecule has 0 bridgehead atoms. The predicted octanol–water partition coefficient (Wildman–Crippen LogP) is 3.99. The maximum Gasteiger partial charge on any atom is 0.127 e. The zero-order chi connectivity index (χ0) is 22.1. The van der Waals surface area contributed by atoms with Crippen molar-refractivity contribution in [2.75, 3.05) is 25.4 Å². The Labute approximate surface area is 178 Å². The third-order valence-corrected chi connectivity index (χ3v) is 8.74. The maximum absolute atomic E-state index is 9.26. The summed E-state index contributed by atoms with van der Waals surface area (Å²) in [6, 6.07) is 15.8. The topological polar surface area (TPSA) is 55.5 Å². The van der Waals surface area contributed by atoms with Crippen LogP contribution in [0.3, 0.4) is 0 Å². The number of nitrogens with two attached hydrogens (primary N) is 1. The third kappa shape index (κ3) is 8.15. The Hall–Kier alpha value is -1.91. The molecule has 4 heteroatoms. The Kier molecular flexibility index (Phi) is 9.81. The summed E-state index contributed by atoms with van der Waals surface area (Å²) in [6.45, 7) is 9.33. The molecule has 0 heterocycles. The van der Waals surface area contributed by atoms with Crippen molar-refractivity contribution >= 4 is 21.8 Å². The lowest BCUT2D eigenvalue weighted by molar-refractivity contribution is 0.303. The first kappa shape index (κ1) is 25.1. The summed E-state index contributed by atoms with van der Waals surface area (Å²) in [5, 5.41) is 11.0. The molecule has 0 fully saturated rings. The average molecular weight is 418 g/mol. The molecule has 0 aromatic heterocycles. The Balaban J connectivity index is 0.000000447. The van der Waals surface area contributed by atoms with E-state index in [4.69, 9.17) is 10.5 Å². The standard InChI is InChI=1S/C18H21NO2.C7H18S/c1-2-7-16-15(17(19)12-20)10-6-11-18(16)21-13-14-8-4-3-5-9-14;1-7(2,3)8(4,5)6/h3-11,20H,2,12-13,19H2,1H3;1-6H3/b16-7-,17-15-;. The van der Waals surface area contributed by atoms with Crippen LogP contribution in [0.2, 0.25) is 0 Å². The van der Waals surface area contributed by atoms with E-state index < -0.39 is 0 Å². The molecule has 0 saturated heterocycles. The van der Waals surface area contributed by atoms with Gasteiger partial charge >= 0.3 is 0 Å². The zero-order valence-electron chi connectivity index (χ0n) is 19.2. The number of hydrogen-bond donors (Lipinski definition) is 2. The first-order valence-corrected chi connectivity index (χ1v) is 12.9. The van der Waals surface area contributed by atoms with Gasteiger partial charge in [0, 0.05) is 16.1 Å². The molecule has 29 heavy (non-hydrogen) atoms. The molecule has 0 spiro atoms. The van der Waals surface area contributed by atoms with Gasteiger partial charge in [-0.2, -0.15) is 0 Å². The van der Waals surface area contributed by atoms with Crippen LogP contribution in [0, 0.1) is 0 Å². The van der Waals surface area contributed by atoms with Gasteiger partial charge in [-0.05, 0) is 41.6 Å². The Bertz CT molecular complexity index is 850. The average Bonchev–Trinajstić information content (AvgIpc) is 2.66. The van der Waals surface area contributed by atoms with Crippen molar-refractivity contribution in [3.63, 3.8) is 0 Å². The smallest absolute Gasteiger partial charge is 0.127 e. The molecule has 2 rings (SSSR count). The summed E-state index contributed by atoms with van der Waals surface area (Å²) in [5.41, 5.74) is 7.47. The van der Waals surface area contributed by atoms with Crippen molar-refractivity contribution in [2.24, 2.45) is 5.73 Å². The van der Waals surface area contributed by atoms with Gasteiger partial charge in [0.2, 0.25) is 0 Å². The number of benzene rings is 2. The molecular weight excluding hydrogens is 378 g/mol. The fourth-order valence-electron chi connectivity index (χ4n) is 2.19. The summed E-state index contributed by atoms with van der Waals surface area (Å²) in [7, 11) is -0.340. The quantitative estimate of drug-likeness (QED) is 0.773. The Morgan fingerprint density at radius 1 is 1.03 bits per heavy atom. The van der Waals surface area contributed by atoms with Gasteiger partial charge in [0.05, 0.1) is 6.61 Å². The molecule has 0 atom stereocenters. The molecule has 3 nitrogen and oxygen atoms in total. The van der Waals surface area contributed by atoms with Crippen LogP contribution in [-0.2, 0) is 6.61 Å². The largest absolute Gasteiger partial charge is 0.488 e. The van der Waals surface area contributed by atoms with Gasteiger partial charge in [0.25, 0.3) is 0 Å². The molecule has 0 radical (unpaired) electrons. The van der Waals surface area contributed by atoms with E-state index in [0.717, 1.165) is 28.2 Å². The molecule has 3 N–H and O–H groups in total. The van der Waals surface area contributed by atoms with Gasteiger partial charge in [-0.15, -0.1) is 0 Å². The molecule has 2 aromatic rings. The van der Waals surface area contributed by atoms with E-state index in [-0.39, 0.29) is 16.6 Å². The molecule has 162 valence electrons. The predicted molar refractivity (Wildman–Crippen MR) is 131 cm³/mol. The van der Waals surface area contributed by atoms with E-state index in [1.807, 2.05) is 48.5 Å². The summed E-state index contributed by atoms with van der Waals surface area (Å²) in [4.78, 5) is 0.